The van der Waals surface area contributed by atoms with Crippen LogP contribution in [0.1, 0.15) is 88.3 Å². The first kappa shape index (κ1) is 114. The third-order valence-electron chi connectivity index (χ3n) is 19.1. The van der Waals surface area contributed by atoms with Gasteiger partial charge in [-0.05, 0) is 202 Å². The molecule has 0 aliphatic carbocycles. The van der Waals surface area contributed by atoms with Crippen LogP contribution >= 0.6 is 75.3 Å². The number of halogens is 9. The van der Waals surface area contributed by atoms with Gasteiger partial charge in [-0.1, -0.05) is 71.2 Å². The monoisotopic (exact) mass is 1960 g/mol. The third-order valence-corrected chi connectivity index (χ3v) is 20.4. The van der Waals surface area contributed by atoms with Crippen molar-refractivity contribution in [2.24, 2.45) is 5.73 Å². The number of hydrogen-bond donors (Lipinski definition) is 9. The number of ether oxygens (including phenoxy) is 6. The Balaban J connectivity index is 0.000000483. The average Bonchev–Trinajstić information content (AvgIpc) is 0.834. The maximum absolute atomic E-state index is 13.8. The summed E-state index contributed by atoms with van der Waals surface area (Å²) in [6.07, 6.45) is 7.05. The van der Waals surface area contributed by atoms with Crippen molar-refractivity contribution in [3.05, 3.63) is 213 Å². The van der Waals surface area contributed by atoms with E-state index in [1.54, 1.807) is 83.5 Å². The van der Waals surface area contributed by atoms with E-state index in [1.807, 2.05) is 0 Å². The smallest absolute Gasteiger partial charge is 0.412 e. The number of nitriles is 1. The van der Waals surface area contributed by atoms with E-state index in [9.17, 15) is 74.3 Å². The second-order valence-corrected chi connectivity index (χ2v) is 29.3. The molecular weight excluding hydrogens is 1860 g/mol. The van der Waals surface area contributed by atoms with Crippen LogP contribution in [0, 0.1) is 46.4 Å². The number of nitrogens with two attached hydrogens (primary N) is 1. The van der Waals surface area contributed by atoms with Crippen molar-refractivity contribution in [1.82, 2.24) is 50.9 Å². The number of likely N-dealkylation sites (N-methyl/N-ethyl adjacent to an activating group) is 3. The number of aliphatic hydroxyl groups is 1. The van der Waals surface area contributed by atoms with E-state index in [1.165, 1.54) is 118 Å². The summed E-state index contributed by atoms with van der Waals surface area (Å²) in [5, 5.41) is 38.0. The number of aromatic nitrogens is 3. The molecule has 0 aliphatic rings. The molecule has 3 heterocycles. The van der Waals surface area contributed by atoms with Crippen LogP contribution in [-0.4, -0.2) is 213 Å². The Morgan fingerprint density at radius 2 is 0.773 bits per heavy atom. The van der Waals surface area contributed by atoms with E-state index < -0.39 is 95.3 Å². The molecule has 0 radical (unpaired) electrons. The highest BCUT2D eigenvalue weighted by molar-refractivity contribution is 7.59. The Morgan fingerprint density at radius 3 is 1.10 bits per heavy atom. The minimum absolute atomic E-state index is 0. The minimum atomic E-state index is -0.831. The standard InChI is InChI=1S/C30H34ClF2N5O6.C28H32ClF2N5O5.C25H27ClF2N4O3.C5H7NO3.3H2S/c1-3-43-27(40)17-36-29(41)34-13-5-7-23(38(2)26(39)12-10-19-6-4-8-24(33)28(19)31)18-44-30(42)37-25-15-21-14-22(32)11-9-20(21)16-35-25;1-36(25(38)10-8-18-4-2-6-23(31)26(18)29)22(5-3-11-32-27(39)33-12-13-37)17-41-28(40)35-24-15-20-14-21(30)9-7-19(20)16-34-24;1-32(23(33)10-8-16-4-2-6-21(28)24(16)26)20(5-3-11-29)15-35-25(34)31-22-13-18-12-19(27)9-7-17(18)14-30-22;1-2-9-5(7)3-8-4-6;;;/h4,6,8-9,11,14-16,23H,3,5,7,10,12-13,17-18H2,1-2H3,(H2,34,36,41)(H,35,37,42);2,4,6-7,9,14-16,22,37H,3,5,8,10-13,17H2,1H3,(H2,32,33,39)(H,34,35,40);2,4,6-7,9,12-14,20H,3,5,8,10-11,15,29H2,1H3,(H,30,31,34);2-3H2,1H3;3*1H2/t23-;22-;20-;;;;/m000..../s1. The van der Waals surface area contributed by atoms with Crippen molar-refractivity contribution in [2.45, 2.75) is 109 Å². The number of carbonyl (C=O) groups excluding carboxylic acids is 10. The molecular formula is C88H106Cl3F6N15O17S3. The minimum Gasteiger partial charge on any atom is -0.465 e. The summed E-state index contributed by atoms with van der Waals surface area (Å²) in [6, 6.07) is 27.9. The first-order valence-electron chi connectivity index (χ1n) is 40.5. The molecule has 9 aromatic rings. The van der Waals surface area contributed by atoms with Gasteiger partial charge in [-0.15, -0.1) is 0 Å². The number of aliphatic hydroxyl groups excluding tert-OH is 1. The highest BCUT2D eigenvalue weighted by Crippen LogP contribution is 2.27. The highest BCUT2D eigenvalue weighted by atomic mass is 35.5. The van der Waals surface area contributed by atoms with Crippen LogP contribution in [0.3, 0.4) is 0 Å². The van der Waals surface area contributed by atoms with Crippen molar-refractivity contribution in [1.29, 1.82) is 5.26 Å². The van der Waals surface area contributed by atoms with Crippen molar-refractivity contribution in [3.63, 3.8) is 0 Å². The summed E-state index contributed by atoms with van der Waals surface area (Å²) < 4.78 is 111. The number of rotatable bonds is 40. The lowest BCUT2D eigenvalue weighted by Crippen LogP contribution is -2.42. The number of hydrogen-bond acceptors (Lipinski definition) is 22. The third kappa shape index (κ3) is 40.8. The van der Waals surface area contributed by atoms with Gasteiger partial charge in [0.05, 0.1) is 53.0 Å². The van der Waals surface area contributed by atoms with Crippen LogP contribution in [-0.2, 0) is 71.7 Å². The Hall–Kier alpha value is -12.0. The van der Waals surface area contributed by atoms with Crippen LogP contribution in [0.15, 0.2) is 146 Å². The number of fused-ring (bicyclic) bond motifs is 3. The molecule has 0 saturated heterocycles. The Morgan fingerprint density at radius 1 is 0.447 bits per heavy atom. The molecule has 32 nitrogen and oxygen atoms in total. The van der Waals surface area contributed by atoms with Crippen LogP contribution in [0.4, 0.5) is 67.8 Å². The fourth-order valence-electron chi connectivity index (χ4n) is 12.1. The number of pyridine rings is 3. The summed E-state index contributed by atoms with van der Waals surface area (Å²) in [4.78, 5) is 138. The Labute approximate surface area is 794 Å². The Bertz CT molecular complexity index is 5330. The second-order valence-electron chi connectivity index (χ2n) is 28.2. The molecule has 0 bridgehead atoms. The molecule has 10 amide bonds. The lowest BCUT2D eigenvalue weighted by molar-refractivity contribution is -0.146. The van der Waals surface area contributed by atoms with Crippen LogP contribution in [0.5, 0.6) is 0 Å². The molecule has 44 heteroatoms. The molecule has 3 atom stereocenters. The zero-order valence-electron chi connectivity index (χ0n) is 72.6. The van der Waals surface area contributed by atoms with Crippen LogP contribution < -0.4 is 43.0 Å². The molecule has 132 heavy (non-hydrogen) atoms. The molecule has 0 aliphatic heterocycles. The first-order chi connectivity index (χ1) is 61.8. The van der Waals surface area contributed by atoms with Crippen molar-refractivity contribution < 1.29 is 108 Å². The topological polar surface area (TPSA) is 429 Å². The molecule has 716 valence electrons. The number of anilines is 3. The SMILES string of the molecule is CCOC(=O)CNC(=O)NCCC[C@@H](COC(=O)Nc1cc2cc(F)ccc2cn1)N(C)C(=O)CCc1cccc(F)c1Cl.CCOC(=O)COC#N.CN(C(=O)CCc1cccc(F)c1Cl)[C@@H](CCCN)COC(=O)Nc1cc2cc(F)ccc2cn1.CN(C(=O)CCc1cccc(F)c1Cl)[C@@H](CCCNC(=O)NCCO)COC(=O)Nc1cc2cc(F)ccc2cn1.S.S.S. The molecule has 0 fully saturated rings. The summed E-state index contributed by atoms with van der Waals surface area (Å²) >= 11 is 18.0. The van der Waals surface area contributed by atoms with Gasteiger partial charge in [-0.2, -0.15) is 45.7 Å². The van der Waals surface area contributed by atoms with Crippen molar-refractivity contribution >= 4 is 185 Å². The van der Waals surface area contributed by atoms with Gasteiger partial charge in [-0.25, -0.2) is 70.1 Å². The van der Waals surface area contributed by atoms with Gasteiger partial charge in [-0.3, -0.25) is 35.1 Å². The maximum Gasteiger partial charge on any atom is 0.412 e. The van der Waals surface area contributed by atoms with Gasteiger partial charge in [0.25, 0.3) is 6.26 Å². The summed E-state index contributed by atoms with van der Waals surface area (Å²) in [5.74, 6) is -4.24. The number of aryl methyl sites for hydroxylation is 3. The number of esters is 2. The normalized spacial score (nSPS) is 11.0. The van der Waals surface area contributed by atoms with Gasteiger partial charge < -0.3 is 75.2 Å². The van der Waals surface area contributed by atoms with Crippen molar-refractivity contribution in [3.8, 4) is 6.26 Å². The Kier molecular flexibility index (Phi) is 53.2. The van der Waals surface area contributed by atoms with E-state index >= 15 is 0 Å². The van der Waals surface area contributed by atoms with E-state index in [0.29, 0.717) is 95.3 Å². The molecule has 6 aromatic carbocycles. The molecule has 0 unspecified atom stereocenters. The molecule has 0 saturated carbocycles. The van der Waals surface area contributed by atoms with E-state index in [0.717, 1.165) is 5.39 Å². The zero-order valence-corrected chi connectivity index (χ0v) is 77.9. The molecule has 3 aromatic heterocycles. The van der Waals surface area contributed by atoms with Gasteiger partial charge >= 0.3 is 42.3 Å². The first-order valence-corrected chi connectivity index (χ1v) is 41.7. The lowest BCUT2D eigenvalue weighted by Gasteiger charge is -2.28. The summed E-state index contributed by atoms with van der Waals surface area (Å²) in [7, 11) is 4.75. The number of nitrogens with zero attached hydrogens (tertiary/aromatic N) is 7. The highest BCUT2D eigenvalue weighted by Gasteiger charge is 2.27. The van der Waals surface area contributed by atoms with Gasteiger partial charge in [0.2, 0.25) is 17.7 Å². The number of urea groups is 2. The van der Waals surface area contributed by atoms with Crippen LogP contribution in [0.25, 0.3) is 32.3 Å². The number of amides is 10. The number of benzene rings is 6. The molecule has 10 N–H and O–H groups in total. The number of nitrogens with one attached hydrogen (secondary N) is 7. The lowest BCUT2D eigenvalue weighted by atomic mass is 10.1. The van der Waals surface area contributed by atoms with E-state index in [-0.39, 0.29) is 195 Å². The largest absolute Gasteiger partial charge is 0.465 e. The van der Waals surface area contributed by atoms with Gasteiger partial charge in [0, 0.05) is 94.8 Å². The zero-order chi connectivity index (χ0) is 94.3. The van der Waals surface area contributed by atoms with Gasteiger partial charge in [0.1, 0.15) is 78.7 Å². The van der Waals surface area contributed by atoms with E-state index in [2.05, 4.69) is 61.6 Å². The quantitative estimate of drug-likeness (QED) is 0.00566. The van der Waals surface area contributed by atoms with E-state index in [4.69, 9.17) is 69.9 Å². The van der Waals surface area contributed by atoms with Crippen LogP contribution in [0.2, 0.25) is 15.1 Å². The number of carbonyl (C=O) groups is 10. The second kappa shape index (κ2) is 61.6. The predicted octanol–water partition coefficient (Wildman–Crippen LogP) is 14.4. The summed E-state index contributed by atoms with van der Waals surface area (Å²) in [6.45, 7) is 3.71. The van der Waals surface area contributed by atoms with Gasteiger partial charge in [0.15, 0.2) is 6.61 Å². The fraction of sp³-hybridized carbons (Fsp3) is 0.364. The predicted molar refractivity (Wildman–Crippen MR) is 502 cm³/mol. The maximum atomic E-state index is 13.8. The fourth-order valence-corrected chi connectivity index (χ4v) is 12.8. The van der Waals surface area contributed by atoms with Crippen molar-refractivity contribution in [2.75, 3.05) is 116 Å². The average molecular weight is 1960 g/mol. The molecule has 0 spiro atoms. The molecule has 9 rings (SSSR count). The summed E-state index contributed by atoms with van der Waals surface area (Å²) in [5.41, 5.74) is 7.16.